The van der Waals surface area contributed by atoms with Gasteiger partial charge in [0.05, 0.1) is 25.6 Å². The highest BCUT2D eigenvalue weighted by molar-refractivity contribution is 9.10. The molecule has 1 saturated heterocycles. The molecule has 2 amide bonds. The number of rotatable bonds is 5. The zero-order valence-corrected chi connectivity index (χ0v) is 19.3. The van der Waals surface area contributed by atoms with Crippen LogP contribution in [0.25, 0.3) is 11.3 Å². The summed E-state index contributed by atoms with van der Waals surface area (Å²) < 4.78 is 11.6. The molecule has 1 aromatic carbocycles. The van der Waals surface area contributed by atoms with Crippen LogP contribution in [0.5, 0.6) is 0 Å². The first-order valence-electron chi connectivity index (χ1n) is 9.76. The molecule has 0 bridgehead atoms. The van der Waals surface area contributed by atoms with Crippen LogP contribution in [0.1, 0.15) is 39.6 Å². The molecule has 30 heavy (non-hydrogen) atoms. The molecular weight excluding hydrogens is 452 g/mol. The largest absolute Gasteiger partial charge is 0.453 e. The Balaban J connectivity index is 1.90. The van der Waals surface area contributed by atoms with Gasteiger partial charge >= 0.3 is 6.09 Å². The van der Waals surface area contributed by atoms with Crippen molar-refractivity contribution in [3.05, 3.63) is 40.8 Å². The van der Waals surface area contributed by atoms with E-state index in [1.807, 2.05) is 52.0 Å². The summed E-state index contributed by atoms with van der Waals surface area (Å²) in [6, 6.07) is 6.72. The average molecular weight is 479 g/mol. The first-order valence-corrected chi connectivity index (χ1v) is 10.6. The van der Waals surface area contributed by atoms with Crippen molar-refractivity contribution in [2.24, 2.45) is 5.92 Å². The van der Waals surface area contributed by atoms with Crippen LogP contribution in [-0.2, 0) is 14.3 Å². The van der Waals surface area contributed by atoms with E-state index in [0.29, 0.717) is 12.4 Å². The second-order valence-electron chi connectivity index (χ2n) is 8.03. The summed E-state index contributed by atoms with van der Waals surface area (Å²) in [4.78, 5) is 34.8. The van der Waals surface area contributed by atoms with Crippen LogP contribution in [-0.4, -0.2) is 52.4 Å². The first kappa shape index (κ1) is 22.3. The fourth-order valence-electron chi connectivity index (χ4n) is 3.55. The van der Waals surface area contributed by atoms with Crippen LogP contribution in [0.4, 0.5) is 4.79 Å². The number of aromatic nitrogens is 2. The molecule has 0 spiro atoms. The Bertz CT molecular complexity index is 910. The van der Waals surface area contributed by atoms with Gasteiger partial charge in [0, 0.05) is 4.47 Å². The van der Waals surface area contributed by atoms with Gasteiger partial charge in [-0.15, -0.1) is 0 Å². The number of H-pyrrole nitrogens is 1. The van der Waals surface area contributed by atoms with Gasteiger partial charge in [-0.3, -0.25) is 4.79 Å². The highest BCUT2D eigenvalue weighted by Crippen LogP contribution is 2.37. The van der Waals surface area contributed by atoms with Gasteiger partial charge in [0.2, 0.25) is 5.91 Å². The maximum Gasteiger partial charge on any atom is 0.407 e. The van der Waals surface area contributed by atoms with Crippen molar-refractivity contribution < 1.29 is 19.1 Å². The van der Waals surface area contributed by atoms with Crippen LogP contribution in [0.3, 0.4) is 0 Å². The Morgan fingerprint density at radius 3 is 2.60 bits per heavy atom. The van der Waals surface area contributed by atoms with Crippen molar-refractivity contribution in [1.82, 2.24) is 20.2 Å². The molecule has 2 N–H and O–H groups in total. The summed E-state index contributed by atoms with van der Waals surface area (Å²) in [6.45, 7) is 7.71. The van der Waals surface area contributed by atoms with Crippen molar-refractivity contribution in [3.8, 4) is 11.3 Å². The van der Waals surface area contributed by atoms with Crippen molar-refractivity contribution in [1.29, 1.82) is 0 Å². The van der Waals surface area contributed by atoms with E-state index in [1.165, 1.54) is 7.11 Å². The zero-order valence-electron chi connectivity index (χ0n) is 17.7. The molecule has 3 rings (SSSR count). The monoisotopic (exact) mass is 478 g/mol. The molecule has 0 unspecified atom stereocenters. The summed E-state index contributed by atoms with van der Waals surface area (Å²) in [5, 5.41) is 2.65. The van der Waals surface area contributed by atoms with Gasteiger partial charge in [-0.2, -0.15) is 0 Å². The van der Waals surface area contributed by atoms with Crippen molar-refractivity contribution in [2.45, 2.75) is 45.5 Å². The Morgan fingerprint density at radius 1 is 1.33 bits per heavy atom. The first-order chi connectivity index (χ1) is 14.1. The van der Waals surface area contributed by atoms with Crippen LogP contribution in [0.15, 0.2) is 34.9 Å². The summed E-state index contributed by atoms with van der Waals surface area (Å²) in [6.07, 6.45) is 1.10. The van der Waals surface area contributed by atoms with Gasteiger partial charge in [-0.05, 0) is 37.5 Å². The van der Waals surface area contributed by atoms with Gasteiger partial charge in [-0.1, -0.05) is 41.9 Å². The SMILES string of the molecule is COC(=O)N[C@H](C(=O)N1[C@H](c2ncc(-c3ccc(Br)cc3)[nH]2)COC1(C)C)C(C)C. The number of hydrogen-bond donors (Lipinski definition) is 2. The van der Waals surface area contributed by atoms with E-state index in [9.17, 15) is 9.59 Å². The van der Waals surface area contributed by atoms with Crippen LogP contribution >= 0.6 is 15.9 Å². The Hall–Kier alpha value is -2.39. The minimum absolute atomic E-state index is 0.136. The molecule has 0 saturated carbocycles. The molecule has 2 heterocycles. The maximum atomic E-state index is 13.5. The standard InChI is InChI=1S/C21H27BrN4O4/c1-12(2)17(25-20(28)29-5)19(27)26-16(11-30-21(26,3)4)18-23-10-15(24-18)13-6-8-14(22)9-7-13/h6-10,12,16-17H,11H2,1-5H3,(H,23,24)(H,25,28)/t16-,17-/m0/s1. The number of ether oxygens (including phenoxy) is 2. The number of carbonyl (C=O) groups is 2. The third-order valence-corrected chi connectivity index (χ3v) is 5.71. The number of carbonyl (C=O) groups excluding carboxylic acids is 2. The number of amides is 2. The molecule has 1 fully saturated rings. The minimum atomic E-state index is -0.850. The molecule has 0 radical (unpaired) electrons. The van der Waals surface area contributed by atoms with Crippen LogP contribution in [0, 0.1) is 5.92 Å². The van der Waals surface area contributed by atoms with Crippen molar-refractivity contribution in [2.75, 3.05) is 13.7 Å². The highest BCUT2D eigenvalue weighted by Gasteiger charge is 2.48. The van der Waals surface area contributed by atoms with Gasteiger partial charge in [-0.25, -0.2) is 9.78 Å². The van der Waals surface area contributed by atoms with E-state index in [4.69, 9.17) is 9.47 Å². The Kier molecular flexibility index (Phi) is 6.52. The van der Waals surface area contributed by atoms with E-state index in [1.54, 1.807) is 11.1 Å². The normalized spacial score (nSPS) is 19.0. The average Bonchev–Trinajstić information content (AvgIpc) is 3.29. The lowest BCUT2D eigenvalue weighted by Gasteiger charge is -2.36. The maximum absolute atomic E-state index is 13.5. The number of nitrogens with zero attached hydrogens (tertiary/aromatic N) is 2. The third kappa shape index (κ3) is 4.52. The lowest BCUT2D eigenvalue weighted by Crippen LogP contribution is -2.56. The lowest BCUT2D eigenvalue weighted by atomic mass is 10.0. The fraction of sp³-hybridized carbons (Fsp3) is 0.476. The second-order valence-corrected chi connectivity index (χ2v) is 8.94. The predicted molar refractivity (Wildman–Crippen MR) is 116 cm³/mol. The highest BCUT2D eigenvalue weighted by atomic mass is 79.9. The molecule has 2 atom stereocenters. The molecule has 1 aliphatic heterocycles. The number of alkyl carbamates (subject to hydrolysis) is 1. The summed E-state index contributed by atoms with van der Waals surface area (Å²) in [5.74, 6) is 0.250. The minimum Gasteiger partial charge on any atom is -0.453 e. The van der Waals surface area contributed by atoms with E-state index < -0.39 is 23.9 Å². The molecule has 9 heteroatoms. The van der Waals surface area contributed by atoms with Gasteiger partial charge in [0.15, 0.2) is 0 Å². The van der Waals surface area contributed by atoms with E-state index in [0.717, 1.165) is 15.7 Å². The van der Waals surface area contributed by atoms with Gasteiger partial charge < -0.3 is 24.7 Å². The fourth-order valence-corrected chi connectivity index (χ4v) is 3.82. The smallest absolute Gasteiger partial charge is 0.407 e. The topological polar surface area (TPSA) is 96.5 Å². The quantitative estimate of drug-likeness (QED) is 0.679. The number of imidazole rings is 1. The van der Waals surface area contributed by atoms with E-state index in [-0.39, 0.29) is 11.8 Å². The molecular formula is C21H27BrN4O4. The molecule has 2 aromatic rings. The summed E-state index contributed by atoms with van der Waals surface area (Å²) in [7, 11) is 1.27. The number of methoxy groups -OCH3 is 1. The number of aromatic amines is 1. The lowest BCUT2D eigenvalue weighted by molar-refractivity contribution is -0.149. The molecule has 0 aliphatic carbocycles. The van der Waals surface area contributed by atoms with Crippen LogP contribution in [0.2, 0.25) is 0 Å². The Labute approximate surface area is 184 Å². The summed E-state index contributed by atoms with van der Waals surface area (Å²) in [5.41, 5.74) is 0.986. The van der Waals surface area contributed by atoms with Crippen molar-refractivity contribution >= 4 is 27.9 Å². The van der Waals surface area contributed by atoms with Crippen LogP contribution < -0.4 is 5.32 Å². The molecule has 8 nitrogen and oxygen atoms in total. The van der Waals surface area contributed by atoms with E-state index >= 15 is 0 Å². The molecule has 1 aromatic heterocycles. The number of benzene rings is 1. The van der Waals surface area contributed by atoms with Gasteiger partial charge in [0.1, 0.15) is 23.6 Å². The second kappa shape index (κ2) is 8.77. The molecule has 1 aliphatic rings. The molecule has 162 valence electrons. The predicted octanol–water partition coefficient (Wildman–Crippen LogP) is 3.86. The van der Waals surface area contributed by atoms with Gasteiger partial charge in [0.25, 0.3) is 0 Å². The van der Waals surface area contributed by atoms with Crippen molar-refractivity contribution in [3.63, 3.8) is 0 Å². The van der Waals surface area contributed by atoms with E-state index in [2.05, 4.69) is 31.2 Å². The third-order valence-electron chi connectivity index (χ3n) is 5.18. The number of nitrogens with one attached hydrogen (secondary N) is 2. The summed E-state index contributed by atoms with van der Waals surface area (Å²) >= 11 is 3.44. The Morgan fingerprint density at radius 2 is 2.00 bits per heavy atom. The number of halogens is 1. The number of hydrogen-bond acceptors (Lipinski definition) is 5. The zero-order chi connectivity index (χ0) is 22.1.